The van der Waals surface area contributed by atoms with Crippen molar-refractivity contribution < 1.29 is 17.9 Å². The maximum Gasteiger partial charge on any atom is 0.331 e. The second-order valence-electron chi connectivity index (χ2n) is 6.38. The lowest BCUT2D eigenvalue weighted by atomic mass is 10.2. The lowest BCUT2D eigenvalue weighted by Crippen LogP contribution is -2.22. The highest BCUT2D eigenvalue weighted by Crippen LogP contribution is 2.19. The number of ether oxygens (including phenoxy) is 1. The molecule has 0 saturated carbocycles. The SMILES string of the molecule is CC(C)(C)OC(=O)C=Cc1cccn1S(=O)(=O)c1ccc(CBr)cc1. The van der Waals surface area contributed by atoms with Gasteiger partial charge in [-0.05, 0) is 56.7 Å². The molecule has 2 aromatic rings. The maximum atomic E-state index is 12.8. The highest BCUT2D eigenvalue weighted by Gasteiger charge is 2.19. The Hall–Kier alpha value is -1.86. The molecule has 0 unspecified atom stereocenters. The predicted octanol–water partition coefficient (Wildman–Crippen LogP) is 3.97. The summed E-state index contributed by atoms with van der Waals surface area (Å²) in [5.41, 5.74) is 0.749. The number of alkyl halides is 1. The summed E-state index contributed by atoms with van der Waals surface area (Å²) in [5, 5.41) is 0.653. The van der Waals surface area contributed by atoms with Gasteiger partial charge < -0.3 is 4.74 Å². The summed E-state index contributed by atoms with van der Waals surface area (Å²) < 4.78 is 31.9. The number of nitrogens with zero attached hydrogens (tertiary/aromatic N) is 1. The van der Waals surface area contributed by atoms with Crippen LogP contribution in [0, 0.1) is 0 Å². The van der Waals surface area contributed by atoms with Crippen molar-refractivity contribution in [3.05, 3.63) is 59.9 Å². The number of hydrogen-bond acceptors (Lipinski definition) is 4. The van der Waals surface area contributed by atoms with Crippen molar-refractivity contribution >= 4 is 38.0 Å². The zero-order valence-electron chi connectivity index (χ0n) is 14.3. The first-order chi connectivity index (χ1) is 11.6. The molecule has 0 radical (unpaired) electrons. The molecule has 0 amide bonds. The molecule has 1 heterocycles. The molecule has 134 valence electrons. The summed E-state index contributed by atoms with van der Waals surface area (Å²) in [6.07, 6.45) is 4.10. The van der Waals surface area contributed by atoms with Crippen molar-refractivity contribution in [1.29, 1.82) is 0 Å². The van der Waals surface area contributed by atoms with Crippen LogP contribution in [0.15, 0.2) is 53.6 Å². The summed E-state index contributed by atoms with van der Waals surface area (Å²) in [6, 6.07) is 9.85. The van der Waals surface area contributed by atoms with E-state index in [9.17, 15) is 13.2 Å². The van der Waals surface area contributed by atoms with Crippen LogP contribution in [0.4, 0.5) is 0 Å². The van der Waals surface area contributed by atoms with Gasteiger partial charge in [0, 0.05) is 17.6 Å². The van der Waals surface area contributed by atoms with Crippen LogP contribution in [-0.4, -0.2) is 24.0 Å². The molecule has 0 spiro atoms. The van der Waals surface area contributed by atoms with E-state index in [2.05, 4.69) is 15.9 Å². The minimum atomic E-state index is -3.74. The van der Waals surface area contributed by atoms with Crippen molar-refractivity contribution in [3.63, 3.8) is 0 Å². The average molecular weight is 426 g/mol. The van der Waals surface area contributed by atoms with E-state index in [1.165, 1.54) is 18.3 Å². The zero-order chi connectivity index (χ0) is 18.7. The van der Waals surface area contributed by atoms with Crippen LogP contribution in [-0.2, 0) is 24.9 Å². The molecule has 2 rings (SSSR count). The topological polar surface area (TPSA) is 65.4 Å². The van der Waals surface area contributed by atoms with E-state index in [4.69, 9.17) is 4.74 Å². The summed E-state index contributed by atoms with van der Waals surface area (Å²) in [5.74, 6) is -0.528. The summed E-state index contributed by atoms with van der Waals surface area (Å²) in [6.45, 7) is 5.30. The second-order valence-corrected chi connectivity index (χ2v) is 8.75. The molecule has 0 aliphatic heterocycles. The van der Waals surface area contributed by atoms with Gasteiger partial charge in [-0.3, -0.25) is 0 Å². The van der Waals surface area contributed by atoms with Crippen LogP contribution in [0.5, 0.6) is 0 Å². The Morgan fingerprint density at radius 2 is 1.84 bits per heavy atom. The number of hydrogen-bond donors (Lipinski definition) is 0. The third-order valence-corrected chi connectivity index (χ3v) is 5.54. The smallest absolute Gasteiger partial charge is 0.331 e. The Bertz CT molecular complexity index is 875. The van der Waals surface area contributed by atoms with Gasteiger partial charge in [-0.25, -0.2) is 17.2 Å². The molecule has 5 nitrogen and oxygen atoms in total. The van der Waals surface area contributed by atoms with E-state index in [1.807, 2.05) is 0 Å². The Labute approximate surface area is 156 Å². The Kier molecular flexibility index (Phi) is 5.90. The summed E-state index contributed by atoms with van der Waals surface area (Å²) >= 11 is 3.33. The fraction of sp³-hybridized carbons (Fsp3) is 0.278. The fourth-order valence-electron chi connectivity index (χ4n) is 2.08. The van der Waals surface area contributed by atoms with Gasteiger partial charge in [-0.1, -0.05) is 28.1 Å². The molecule has 0 saturated heterocycles. The summed E-state index contributed by atoms with van der Waals surface area (Å²) in [7, 11) is -3.74. The minimum Gasteiger partial charge on any atom is -0.457 e. The van der Waals surface area contributed by atoms with Crippen LogP contribution < -0.4 is 0 Å². The number of carbonyl (C=O) groups excluding carboxylic acids is 1. The Morgan fingerprint density at radius 1 is 1.20 bits per heavy atom. The standard InChI is InChI=1S/C18H20BrNO4S/c1-18(2,3)24-17(21)11-8-15-5-4-12-20(15)25(22,23)16-9-6-14(13-19)7-10-16/h4-12H,13H2,1-3H3. The normalized spacial score (nSPS) is 12.5. The number of esters is 1. The molecule has 0 aliphatic carbocycles. The van der Waals surface area contributed by atoms with E-state index >= 15 is 0 Å². The van der Waals surface area contributed by atoms with Gasteiger partial charge in [0.1, 0.15) is 5.60 Å². The first-order valence-corrected chi connectivity index (χ1v) is 10.2. The van der Waals surface area contributed by atoms with Crippen molar-refractivity contribution in [3.8, 4) is 0 Å². The van der Waals surface area contributed by atoms with Gasteiger partial charge in [-0.15, -0.1) is 0 Å². The molecule has 0 fully saturated rings. The van der Waals surface area contributed by atoms with E-state index in [0.717, 1.165) is 9.54 Å². The van der Waals surface area contributed by atoms with Crippen LogP contribution in [0.3, 0.4) is 0 Å². The van der Waals surface area contributed by atoms with Gasteiger partial charge >= 0.3 is 5.97 Å². The molecule has 0 atom stereocenters. The van der Waals surface area contributed by atoms with E-state index in [1.54, 1.807) is 57.2 Å². The van der Waals surface area contributed by atoms with Crippen LogP contribution in [0.2, 0.25) is 0 Å². The molecule has 7 heteroatoms. The number of carbonyl (C=O) groups is 1. The Morgan fingerprint density at radius 3 is 2.40 bits per heavy atom. The van der Waals surface area contributed by atoms with Gasteiger partial charge in [0.25, 0.3) is 10.0 Å². The predicted molar refractivity (Wildman–Crippen MR) is 101 cm³/mol. The van der Waals surface area contributed by atoms with E-state index in [-0.39, 0.29) is 4.90 Å². The van der Waals surface area contributed by atoms with E-state index in [0.29, 0.717) is 11.0 Å². The highest BCUT2D eigenvalue weighted by molar-refractivity contribution is 9.08. The van der Waals surface area contributed by atoms with Crippen molar-refractivity contribution in [1.82, 2.24) is 3.97 Å². The van der Waals surface area contributed by atoms with E-state index < -0.39 is 21.6 Å². The van der Waals surface area contributed by atoms with Gasteiger partial charge in [0.15, 0.2) is 0 Å². The number of rotatable bonds is 5. The van der Waals surface area contributed by atoms with Crippen molar-refractivity contribution in [2.45, 2.75) is 36.6 Å². The largest absolute Gasteiger partial charge is 0.457 e. The Balaban J connectivity index is 2.29. The number of aromatic nitrogens is 1. The molecule has 0 bridgehead atoms. The van der Waals surface area contributed by atoms with Crippen LogP contribution >= 0.6 is 15.9 Å². The van der Waals surface area contributed by atoms with Crippen LogP contribution in [0.1, 0.15) is 32.0 Å². The second kappa shape index (κ2) is 7.58. The quantitative estimate of drug-likeness (QED) is 0.412. The minimum absolute atomic E-state index is 0.181. The van der Waals surface area contributed by atoms with Gasteiger partial charge in [0.05, 0.1) is 10.6 Å². The zero-order valence-corrected chi connectivity index (χ0v) is 16.7. The highest BCUT2D eigenvalue weighted by atomic mass is 79.9. The molecule has 1 aromatic carbocycles. The third kappa shape index (κ3) is 5.06. The molecular weight excluding hydrogens is 406 g/mol. The number of halogens is 1. The fourth-order valence-corrected chi connectivity index (χ4v) is 3.79. The molecule has 25 heavy (non-hydrogen) atoms. The lowest BCUT2D eigenvalue weighted by Gasteiger charge is -2.17. The lowest BCUT2D eigenvalue weighted by molar-refractivity contribution is -0.148. The monoisotopic (exact) mass is 425 g/mol. The van der Waals surface area contributed by atoms with Gasteiger partial charge in [-0.2, -0.15) is 0 Å². The molecule has 0 aliphatic rings. The number of benzene rings is 1. The maximum absolute atomic E-state index is 12.8. The summed E-state index contributed by atoms with van der Waals surface area (Å²) in [4.78, 5) is 12.0. The first kappa shape index (κ1) is 19.5. The first-order valence-electron chi connectivity index (χ1n) is 7.62. The van der Waals surface area contributed by atoms with Crippen LogP contribution in [0.25, 0.3) is 6.08 Å². The molecular formula is C18H20BrNO4S. The van der Waals surface area contributed by atoms with Gasteiger partial charge in [0.2, 0.25) is 0 Å². The molecule has 1 aromatic heterocycles. The van der Waals surface area contributed by atoms with Crippen molar-refractivity contribution in [2.75, 3.05) is 0 Å². The average Bonchev–Trinajstić information content (AvgIpc) is 3.01. The third-order valence-electron chi connectivity index (χ3n) is 3.17. The molecule has 0 N–H and O–H groups in total. The van der Waals surface area contributed by atoms with Crippen molar-refractivity contribution in [2.24, 2.45) is 0 Å².